The standard InChI is InChI=1S/C15H22FN5O2S/c1-19(3-4-21-14(22)7-18-15(21)23)9-12-6-11(16)8-20(12)10-13-17-2-5-24-13/h2,5,11-12H,3-4,6-10H2,1H3,(H,18,23)/t11-,12-/m0/s1. The number of imide groups is 1. The van der Waals surface area contributed by atoms with Crippen LogP contribution in [0.5, 0.6) is 0 Å². The fraction of sp³-hybridized carbons (Fsp3) is 0.667. The van der Waals surface area contributed by atoms with Gasteiger partial charge in [-0.15, -0.1) is 11.3 Å². The Hall–Kier alpha value is -1.58. The Morgan fingerprint density at radius 1 is 1.50 bits per heavy atom. The summed E-state index contributed by atoms with van der Waals surface area (Å²) in [5.41, 5.74) is 0. The van der Waals surface area contributed by atoms with E-state index in [1.54, 1.807) is 17.5 Å². The number of aromatic nitrogens is 1. The summed E-state index contributed by atoms with van der Waals surface area (Å²) in [7, 11) is 1.94. The summed E-state index contributed by atoms with van der Waals surface area (Å²) in [5.74, 6) is -0.191. The minimum absolute atomic E-state index is 0.0797. The lowest BCUT2D eigenvalue weighted by Crippen LogP contribution is -2.42. The number of alkyl halides is 1. The van der Waals surface area contributed by atoms with Crippen LogP contribution in [0.1, 0.15) is 11.4 Å². The number of likely N-dealkylation sites (tertiary alicyclic amines) is 1. The Kier molecular flexibility index (Phi) is 5.42. The van der Waals surface area contributed by atoms with Gasteiger partial charge >= 0.3 is 6.03 Å². The normalized spacial score (nSPS) is 25.0. The molecule has 2 fully saturated rings. The van der Waals surface area contributed by atoms with E-state index in [1.807, 2.05) is 12.4 Å². The van der Waals surface area contributed by atoms with Crippen molar-refractivity contribution in [1.82, 2.24) is 25.0 Å². The highest BCUT2D eigenvalue weighted by molar-refractivity contribution is 7.09. The van der Waals surface area contributed by atoms with Crippen LogP contribution in [0, 0.1) is 0 Å². The van der Waals surface area contributed by atoms with Crippen molar-refractivity contribution in [3.05, 3.63) is 16.6 Å². The molecule has 3 rings (SSSR count). The van der Waals surface area contributed by atoms with Gasteiger partial charge in [-0.25, -0.2) is 14.2 Å². The molecule has 0 aliphatic carbocycles. The second-order valence-electron chi connectivity index (χ2n) is 6.31. The number of hydrogen-bond acceptors (Lipinski definition) is 6. The number of likely N-dealkylation sites (N-methyl/N-ethyl adjacent to an activating group) is 1. The number of carbonyl (C=O) groups excluding carboxylic acids is 2. The molecule has 3 amide bonds. The largest absolute Gasteiger partial charge is 0.329 e. The highest BCUT2D eigenvalue weighted by atomic mass is 32.1. The molecule has 1 aromatic rings. The minimum atomic E-state index is -0.811. The van der Waals surface area contributed by atoms with Crippen LogP contribution < -0.4 is 5.32 Å². The smallest absolute Gasteiger partial charge is 0.324 e. The maximum absolute atomic E-state index is 13.9. The quantitative estimate of drug-likeness (QED) is 0.723. The number of hydrogen-bond donors (Lipinski definition) is 1. The van der Waals surface area contributed by atoms with Crippen molar-refractivity contribution in [2.45, 2.75) is 25.2 Å². The van der Waals surface area contributed by atoms with Crippen LogP contribution in [0.15, 0.2) is 11.6 Å². The van der Waals surface area contributed by atoms with Crippen LogP contribution in [0.3, 0.4) is 0 Å². The van der Waals surface area contributed by atoms with Crippen LogP contribution >= 0.6 is 11.3 Å². The number of amides is 3. The molecule has 2 aliphatic rings. The number of carbonyl (C=O) groups is 2. The molecule has 9 heteroatoms. The molecule has 2 saturated heterocycles. The van der Waals surface area contributed by atoms with Crippen LogP contribution in [-0.2, 0) is 11.3 Å². The second-order valence-corrected chi connectivity index (χ2v) is 7.29. The summed E-state index contributed by atoms with van der Waals surface area (Å²) in [6, 6.07) is -0.208. The Balaban J connectivity index is 1.49. The third-order valence-electron chi connectivity index (χ3n) is 4.46. The van der Waals surface area contributed by atoms with Crippen LogP contribution in [-0.4, -0.2) is 83.6 Å². The van der Waals surface area contributed by atoms with Gasteiger partial charge in [0.2, 0.25) is 5.91 Å². The van der Waals surface area contributed by atoms with Crippen molar-refractivity contribution in [2.24, 2.45) is 0 Å². The summed E-state index contributed by atoms with van der Waals surface area (Å²) in [6.07, 6.45) is 1.47. The van der Waals surface area contributed by atoms with Crippen LogP contribution in [0.25, 0.3) is 0 Å². The molecule has 0 radical (unpaired) electrons. The summed E-state index contributed by atoms with van der Waals surface area (Å²) in [5, 5.41) is 5.43. The molecule has 7 nitrogen and oxygen atoms in total. The minimum Gasteiger partial charge on any atom is -0.329 e. The number of nitrogens with one attached hydrogen (secondary N) is 1. The van der Waals surface area contributed by atoms with Gasteiger partial charge in [0, 0.05) is 43.8 Å². The zero-order valence-corrected chi connectivity index (χ0v) is 14.5. The molecule has 0 unspecified atom stereocenters. The molecular formula is C15H22FN5O2S. The van der Waals surface area contributed by atoms with Gasteiger partial charge in [0.25, 0.3) is 0 Å². The van der Waals surface area contributed by atoms with Crippen molar-refractivity contribution in [3.63, 3.8) is 0 Å². The van der Waals surface area contributed by atoms with Crippen molar-refractivity contribution in [3.8, 4) is 0 Å². The van der Waals surface area contributed by atoms with E-state index in [9.17, 15) is 14.0 Å². The molecule has 132 valence electrons. The van der Waals surface area contributed by atoms with Crippen molar-refractivity contribution in [1.29, 1.82) is 0 Å². The Morgan fingerprint density at radius 3 is 3.00 bits per heavy atom. The fourth-order valence-corrected chi connectivity index (χ4v) is 3.86. The van der Waals surface area contributed by atoms with Gasteiger partial charge in [-0.1, -0.05) is 0 Å². The van der Waals surface area contributed by atoms with Gasteiger partial charge in [0.1, 0.15) is 11.2 Å². The van der Waals surface area contributed by atoms with E-state index in [2.05, 4.69) is 20.1 Å². The average molecular weight is 355 g/mol. The summed E-state index contributed by atoms with van der Waals surface area (Å²) < 4.78 is 13.9. The van der Waals surface area contributed by atoms with Gasteiger partial charge < -0.3 is 10.2 Å². The molecular weight excluding hydrogens is 333 g/mol. The maximum atomic E-state index is 13.9. The number of nitrogens with zero attached hydrogens (tertiary/aromatic N) is 4. The van der Waals surface area contributed by atoms with E-state index in [1.165, 1.54) is 4.90 Å². The van der Waals surface area contributed by atoms with E-state index < -0.39 is 6.17 Å². The lowest BCUT2D eigenvalue weighted by atomic mass is 10.2. The average Bonchev–Trinajstić information content (AvgIpc) is 3.22. The Morgan fingerprint density at radius 2 is 2.33 bits per heavy atom. The van der Waals surface area contributed by atoms with Crippen molar-refractivity contribution < 1.29 is 14.0 Å². The molecule has 24 heavy (non-hydrogen) atoms. The lowest BCUT2D eigenvalue weighted by molar-refractivity contribution is -0.125. The number of rotatable bonds is 7. The molecule has 0 saturated carbocycles. The van der Waals surface area contributed by atoms with E-state index in [-0.39, 0.29) is 24.5 Å². The molecule has 0 bridgehead atoms. The van der Waals surface area contributed by atoms with Gasteiger partial charge in [-0.05, 0) is 13.5 Å². The first-order valence-corrected chi connectivity index (χ1v) is 8.94. The molecule has 1 aromatic heterocycles. The maximum Gasteiger partial charge on any atom is 0.324 e. The van der Waals surface area contributed by atoms with Gasteiger partial charge in [-0.3, -0.25) is 14.6 Å². The van der Waals surface area contributed by atoms with Crippen LogP contribution in [0.2, 0.25) is 0 Å². The zero-order chi connectivity index (χ0) is 17.1. The van der Waals surface area contributed by atoms with Gasteiger partial charge in [0.15, 0.2) is 0 Å². The number of thiazole rings is 1. The highest BCUT2D eigenvalue weighted by Crippen LogP contribution is 2.24. The van der Waals surface area contributed by atoms with Crippen LogP contribution in [0.4, 0.5) is 9.18 Å². The molecule has 0 aromatic carbocycles. The Labute approximate surface area is 144 Å². The predicted molar refractivity (Wildman–Crippen MR) is 88.4 cm³/mol. The highest BCUT2D eigenvalue weighted by Gasteiger charge is 2.33. The molecule has 3 heterocycles. The fourth-order valence-electron chi connectivity index (χ4n) is 3.21. The van der Waals surface area contributed by atoms with E-state index >= 15 is 0 Å². The Bertz CT molecular complexity index is 568. The lowest BCUT2D eigenvalue weighted by Gasteiger charge is -2.28. The van der Waals surface area contributed by atoms with Gasteiger partial charge in [-0.2, -0.15) is 0 Å². The SMILES string of the molecule is CN(CCN1C(=O)CNC1=O)C[C@@H]1C[C@H](F)CN1Cc1nccs1. The number of halogens is 1. The van der Waals surface area contributed by atoms with Gasteiger partial charge in [0.05, 0.1) is 13.1 Å². The first kappa shape index (κ1) is 17.2. The monoisotopic (exact) mass is 355 g/mol. The molecule has 2 aliphatic heterocycles. The van der Waals surface area contributed by atoms with E-state index in [0.717, 1.165) is 5.01 Å². The van der Waals surface area contributed by atoms with E-state index in [0.29, 0.717) is 39.1 Å². The third-order valence-corrected chi connectivity index (χ3v) is 5.23. The topological polar surface area (TPSA) is 68.8 Å². The molecule has 2 atom stereocenters. The zero-order valence-electron chi connectivity index (χ0n) is 13.7. The molecule has 0 spiro atoms. The predicted octanol–water partition coefficient (Wildman–Crippen LogP) is 0.539. The van der Waals surface area contributed by atoms with Crippen molar-refractivity contribution >= 4 is 23.3 Å². The van der Waals surface area contributed by atoms with E-state index in [4.69, 9.17) is 0 Å². The summed E-state index contributed by atoms with van der Waals surface area (Å²) in [4.78, 5) is 32.8. The third kappa shape index (κ3) is 4.08. The second kappa shape index (κ2) is 7.54. The summed E-state index contributed by atoms with van der Waals surface area (Å²) >= 11 is 1.58. The van der Waals surface area contributed by atoms with Crippen molar-refractivity contribution in [2.75, 3.05) is 39.8 Å². The number of urea groups is 1. The summed E-state index contributed by atoms with van der Waals surface area (Å²) in [6.45, 7) is 2.83. The first-order valence-electron chi connectivity index (χ1n) is 8.06. The first-order chi connectivity index (χ1) is 11.5. The molecule has 1 N–H and O–H groups in total.